The van der Waals surface area contributed by atoms with Crippen LogP contribution in [0.3, 0.4) is 0 Å². The largest absolute Gasteiger partial charge is 0.573 e. The van der Waals surface area contributed by atoms with Gasteiger partial charge >= 0.3 is 18.6 Å². The molecular weight excluding hydrogens is 283 g/mol. The highest BCUT2D eigenvalue weighted by molar-refractivity contribution is 5.48. The zero-order valence-corrected chi connectivity index (χ0v) is 9.07. The summed E-state index contributed by atoms with van der Waals surface area (Å²) in [6.45, 7) is 0. The Morgan fingerprint density at radius 2 is 2.00 bits per heavy atom. The van der Waals surface area contributed by atoms with Gasteiger partial charge in [0.15, 0.2) is 5.75 Å². The van der Waals surface area contributed by atoms with E-state index < -0.39 is 40.7 Å². The van der Waals surface area contributed by atoms with Gasteiger partial charge in [0.1, 0.15) is 0 Å². The summed E-state index contributed by atoms with van der Waals surface area (Å²) >= 11 is 0. The second-order valence-electron chi connectivity index (χ2n) is 3.00. The van der Waals surface area contributed by atoms with Crippen molar-refractivity contribution in [1.29, 1.82) is 0 Å². The van der Waals surface area contributed by atoms with Gasteiger partial charge in [0.05, 0.1) is 13.2 Å². The molecule has 0 saturated carbocycles. The van der Waals surface area contributed by atoms with Gasteiger partial charge in [0, 0.05) is 0 Å². The Hall–Kier alpha value is -2.20. The average Bonchev–Trinajstić information content (AvgIpc) is 2.25. The van der Waals surface area contributed by atoms with Gasteiger partial charge in [-0.3, -0.25) is 0 Å². The average molecular weight is 288 g/mol. The maximum absolute atomic E-state index is 12.6. The molecule has 0 aliphatic heterocycles. The number of hydrogen-bond donors (Lipinski definition) is 0. The first kappa shape index (κ1) is 14.9. The van der Waals surface area contributed by atoms with Crippen molar-refractivity contribution in [3.05, 3.63) is 21.9 Å². The Morgan fingerprint density at radius 1 is 1.42 bits per heavy atom. The summed E-state index contributed by atoms with van der Waals surface area (Å²) in [6, 6.07) is 0.248. The molecule has 1 aromatic rings. The molecule has 106 valence electrons. The molecule has 1 aromatic heterocycles. The number of pyridine rings is 1. The molecule has 0 aromatic carbocycles. The molecule has 0 amide bonds. The van der Waals surface area contributed by atoms with Crippen LogP contribution in [-0.2, 0) is 0 Å². The van der Waals surface area contributed by atoms with Crippen LogP contribution in [0.5, 0.6) is 11.5 Å². The first-order valence-electron chi connectivity index (χ1n) is 4.43. The van der Waals surface area contributed by atoms with Crippen LogP contribution in [0.4, 0.5) is 27.8 Å². The topological polar surface area (TPSA) is 74.5 Å². The van der Waals surface area contributed by atoms with E-state index in [0.717, 1.165) is 7.11 Å². The lowest BCUT2D eigenvalue weighted by Gasteiger charge is -2.12. The van der Waals surface area contributed by atoms with E-state index in [1.54, 1.807) is 0 Å². The Labute approximate surface area is 101 Å². The SMILES string of the molecule is COc1c(OC(F)(F)F)cc([N+](=O)[O-])nc1C(F)F. The van der Waals surface area contributed by atoms with Crippen molar-refractivity contribution >= 4 is 5.82 Å². The van der Waals surface area contributed by atoms with Crippen LogP contribution in [0, 0.1) is 10.1 Å². The molecule has 0 aliphatic rings. The molecule has 0 radical (unpaired) electrons. The smallest absolute Gasteiger partial charge is 0.489 e. The zero-order chi connectivity index (χ0) is 14.8. The van der Waals surface area contributed by atoms with E-state index in [-0.39, 0.29) is 6.07 Å². The summed E-state index contributed by atoms with van der Waals surface area (Å²) < 4.78 is 69.1. The second-order valence-corrected chi connectivity index (χ2v) is 3.00. The van der Waals surface area contributed by atoms with Gasteiger partial charge in [-0.05, 0) is 9.91 Å². The third-order valence-corrected chi connectivity index (χ3v) is 1.78. The fraction of sp³-hybridized carbons (Fsp3) is 0.375. The number of rotatable bonds is 4. The molecule has 0 spiro atoms. The molecule has 0 atom stereocenters. The summed E-state index contributed by atoms with van der Waals surface area (Å²) in [5, 5.41) is 10.4. The van der Waals surface area contributed by atoms with Gasteiger partial charge in [-0.15, -0.1) is 13.2 Å². The van der Waals surface area contributed by atoms with Gasteiger partial charge < -0.3 is 19.6 Å². The van der Waals surface area contributed by atoms with Crippen LogP contribution in [0.25, 0.3) is 0 Å². The highest BCUT2D eigenvalue weighted by Gasteiger charge is 2.37. The fourth-order valence-electron chi connectivity index (χ4n) is 1.16. The van der Waals surface area contributed by atoms with Crippen LogP contribution in [0.15, 0.2) is 6.07 Å². The van der Waals surface area contributed by atoms with E-state index in [4.69, 9.17) is 0 Å². The molecular formula is C8H5F5N2O4. The van der Waals surface area contributed by atoms with Gasteiger partial charge in [-0.1, -0.05) is 0 Å². The fourth-order valence-corrected chi connectivity index (χ4v) is 1.16. The summed E-state index contributed by atoms with van der Waals surface area (Å²) in [5.74, 6) is -3.49. The zero-order valence-electron chi connectivity index (χ0n) is 9.07. The van der Waals surface area contributed by atoms with Gasteiger partial charge in [0.2, 0.25) is 5.75 Å². The summed E-state index contributed by atoms with van der Waals surface area (Å²) in [6.07, 6.45) is -8.59. The van der Waals surface area contributed by atoms with Crippen LogP contribution in [0.2, 0.25) is 0 Å². The summed E-state index contributed by atoms with van der Waals surface area (Å²) in [4.78, 5) is 12.1. The van der Waals surface area contributed by atoms with Crippen molar-refractivity contribution < 1.29 is 36.3 Å². The lowest BCUT2D eigenvalue weighted by atomic mass is 10.3. The standard InChI is InChI=1S/C8H5F5N2O4/c1-18-6-3(19-8(11,12)13)2-4(15(16)17)14-5(6)7(9)10/h2,7H,1H3. The van der Waals surface area contributed by atoms with E-state index in [2.05, 4.69) is 14.5 Å². The lowest BCUT2D eigenvalue weighted by molar-refractivity contribution is -0.390. The van der Waals surface area contributed by atoms with E-state index in [9.17, 15) is 32.1 Å². The summed E-state index contributed by atoms with van der Waals surface area (Å²) in [7, 11) is 0.804. The normalized spacial score (nSPS) is 11.5. The van der Waals surface area contributed by atoms with Gasteiger partial charge in [0.25, 0.3) is 5.69 Å². The molecule has 0 fully saturated rings. The predicted molar refractivity (Wildman–Crippen MR) is 49.1 cm³/mol. The van der Waals surface area contributed by atoms with Gasteiger partial charge in [-0.2, -0.15) is 0 Å². The third kappa shape index (κ3) is 3.63. The predicted octanol–water partition coefficient (Wildman–Crippen LogP) is 2.83. The maximum atomic E-state index is 12.6. The van der Waals surface area contributed by atoms with Crippen molar-refractivity contribution in [3.63, 3.8) is 0 Å². The lowest BCUT2D eigenvalue weighted by Crippen LogP contribution is -2.18. The molecule has 19 heavy (non-hydrogen) atoms. The third-order valence-electron chi connectivity index (χ3n) is 1.78. The Morgan fingerprint density at radius 3 is 2.37 bits per heavy atom. The number of methoxy groups -OCH3 is 1. The second kappa shape index (κ2) is 5.20. The number of halogens is 5. The molecule has 0 N–H and O–H groups in total. The van der Waals surface area contributed by atoms with Gasteiger partial charge in [-0.25, -0.2) is 8.78 Å². The highest BCUT2D eigenvalue weighted by atomic mass is 19.4. The minimum Gasteiger partial charge on any atom is -0.489 e. The molecule has 6 nitrogen and oxygen atoms in total. The Kier molecular flexibility index (Phi) is 4.07. The van der Waals surface area contributed by atoms with Crippen LogP contribution in [0.1, 0.15) is 12.1 Å². The highest BCUT2D eigenvalue weighted by Crippen LogP contribution is 2.40. The molecule has 0 unspecified atom stereocenters. The number of nitrogens with zero attached hydrogens (tertiary/aromatic N) is 2. The minimum absolute atomic E-state index is 0.248. The molecule has 0 saturated heterocycles. The van der Waals surface area contributed by atoms with Crippen LogP contribution in [-0.4, -0.2) is 23.4 Å². The molecule has 0 aliphatic carbocycles. The number of hydrogen-bond acceptors (Lipinski definition) is 5. The molecule has 1 rings (SSSR count). The number of nitro groups is 1. The maximum Gasteiger partial charge on any atom is 0.573 e. The van der Waals surface area contributed by atoms with Crippen molar-refractivity contribution in [3.8, 4) is 11.5 Å². The molecule has 11 heteroatoms. The van der Waals surface area contributed by atoms with Crippen molar-refractivity contribution in [2.24, 2.45) is 0 Å². The van der Waals surface area contributed by atoms with E-state index >= 15 is 0 Å². The van der Waals surface area contributed by atoms with E-state index in [1.807, 2.05) is 0 Å². The number of alkyl halides is 5. The van der Waals surface area contributed by atoms with E-state index in [0.29, 0.717) is 0 Å². The van der Waals surface area contributed by atoms with Crippen molar-refractivity contribution in [2.75, 3.05) is 7.11 Å². The first-order chi connectivity index (χ1) is 8.65. The van der Waals surface area contributed by atoms with Crippen molar-refractivity contribution in [1.82, 2.24) is 4.98 Å². The Bertz CT molecular complexity index is 491. The van der Waals surface area contributed by atoms with E-state index in [1.165, 1.54) is 0 Å². The van der Waals surface area contributed by atoms with Crippen LogP contribution < -0.4 is 9.47 Å². The van der Waals surface area contributed by atoms with Crippen molar-refractivity contribution in [2.45, 2.75) is 12.8 Å². The summed E-state index contributed by atoms with van der Waals surface area (Å²) in [5.41, 5.74) is -1.31. The van der Waals surface area contributed by atoms with Crippen LogP contribution >= 0.6 is 0 Å². The Balaban J connectivity index is 3.44. The minimum atomic E-state index is -5.22. The number of aromatic nitrogens is 1. The monoisotopic (exact) mass is 288 g/mol. The first-order valence-corrected chi connectivity index (χ1v) is 4.43. The number of ether oxygens (including phenoxy) is 2. The molecule has 0 bridgehead atoms. The quantitative estimate of drug-likeness (QED) is 0.484. The molecule has 1 heterocycles.